The van der Waals surface area contributed by atoms with E-state index in [1.54, 1.807) is 25.1 Å². The fourth-order valence-electron chi connectivity index (χ4n) is 4.81. The fraction of sp³-hybridized carbons (Fsp3) is 0.500. The SMILES string of the molecule is CCN(CC)CCC1C(=O)C2=NC(c3ccc(SC)cc3OC)=NC2=C2C=NC(C)(C)C(=O)C21.Cl.Cl. The predicted molar refractivity (Wildman–Crippen MR) is 152 cm³/mol. The van der Waals surface area contributed by atoms with Gasteiger partial charge in [-0.15, -0.1) is 36.6 Å². The van der Waals surface area contributed by atoms with Gasteiger partial charge in [-0.1, -0.05) is 13.8 Å². The van der Waals surface area contributed by atoms with Crippen molar-refractivity contribution in [3.8, 4) is 5.75 Å². The Hall–Kier alpha value is -2.00. The smallest absolute Gasteiger partial charge is 0.187 e. The highest BCUT2D eigenvalue weighted by Crippen LogP contribution is 2.42. The molecule has 0 spiro atoms. The van der Waals surface area contributed by atoms with Crippen LogP contribution in [0.4, 0.5) is 0 Å². The van der Waals surface area contributed by atoms with Crippen LogP contribution in [0.15, 0.2) is 49.3 Å². The van der Waals surface area contributed by atoms with Crippen molar-refractivity contribution >= 4 is 65.9 Å². The Morgan fingerprint density at radius 3 is 2.42 bits per heavy atom. The zero-order valence-corrected chi connectivity index (χ0v) is 24.0. The molecule has 0 amide bonds. The van der Waals surface area contributed by atoms with Gasteiger partial charge in [-0.3, -0.25) is 14.6 Å². The molecular weight excluding hydrogens is 519 g/mol. The third-order valence-electron chi connectivity index (χ3n) is 6.95. The second-order valence-electron chi connectivity index (χ2n) is 9.21. The normalized spacial score (nSPS) is 21.9. The summed E-state index contributed by atoms with van der Waals surface area (Å²) in [6, 6.07) is 5.84. The van der Waals surface area contributed by atoms with E-state index in [4.69, 9.17) is 9.73 Å². The standard InChI is InChI=1S/C26H32N4O3S.2ClH/c1-7-30(8-2)12-11-17-20-18(14-27-26(3,4)24(20)32)21-22(23(17)31)29-25(28-21)16-10-9-15(34-6)13-19(16)33-5;;/h9-10,13-14,17,20H,7-8,11-12H2,1-6H3;2*1H. The molecular formula is C26H34Cl2N4O3S. The number of methoxy groups -OCH3 is 1. The Kier molecular flexibility index (Phi) is 10.1. The van der Waals surface area contributed by atoms with Gasteiger partial charge in [0.1, 0.15) is 22.7 Å². The number of hydrogen-bond donors (Lipinski definition) is 0. The van der Waals surface area contributed by atoms with Gasteiger partial charge in [0.25, 0.3) is 0 Å². The van der Waals surface area contributed by atoms with E-state index in [2.05, 4.69) is 28.7 Å². The van der Waals surface area contributed by atoms with Crippen molar-refractivity contribution in [1.82, 2.24) is 4.90 Å². The molecule has 196 valence electrons. The molecule has 0 N–H and O–H groups in total. The fourth-order valence-corrected chi connectivity index (χ4v) is 5.24. The van der Waals surface area contributed by atoms with Crippen LogP contribution < -0.4 is 4.74 Å². The van der Waals surface area contributed by atoms with E-state index in [1.807, 2.05) is 38.3 Å². The summed E-state index contributed by atoms with van der Waals surface area (Å²) in [5.41, 5.74) is 1.38. The number of fused-ring (bicyclic) bond motifs is 2. The highest BCUT2D eigenvalue weighted by Gasteiger charge is 2.51. The van der Waals surface area contributed by atoms with E-state index in [-0.39, 0.29) is 36.4 Å². The summed E-state index contributed by atoms with van der Waals surface area (Å²) in [5.74, 6) is -0.0610. The molecule has 2 aliphatic heterocycles. The van der Waals surface area contributed by atoms with E-state index in [9.17, 15) is 9.59 Å². The van der Waals surface area contributed by atoms with Gasteiger partial charge in [0.2, 0.25) is 0 Å². The van der Waals surface area contributed by atoms with E-state index < -0.39 is 17.4 Å². The van der Waals surface area contributed by atoms with Crippen molar-refractivity contribution < 1.29 is 14.3 Å². The molecule has 0 saturated heterocycles. The molecule has 1 aromatic rings. The number of allylic oxidation sites excluding steroid dienone is 2. The van der Waals surface area contributed by atoms with Gasteiger partial charge in [-0.25, -0.2) is 9.98 Å². The van der Waals surface area contributed by atoms with Crippen LogP contribution in [0.2, 0.25) is 0 Å². The van der Waals surface area contributed by atoms with Crippen molar-refractivity contribution in [3.05, 3.63) is 35.0 Å². The minimum Gasteiger partial charge on any atom is -0.496 e. The first-order valence-electron chi connectivity index (χ1n) is 11.8. The van der Waals surface area contributed by atoms with Gasteiger partial charge >= 0.3 is 0 Å². The topological polar surface area (TPSA) is 83.7 Å². The quantitative estimate of drug-likeness (QED) is 0.436. The molecule has 0 radical (unpaired) electrons. The number of thioether (sulfide) groups is 1. The number of hydrogen-bond acceptors (Lipinski definition) is 8. The van der Waals surface area contributed by atoms with Crippen molar-refractivity contribution in [2.45, 2.75) is 44.6 Å². The number of Topliss-reactive ketones (excluding diaryl/α,β-unsaturated/α-hetero) is 2. The van der Waals surface area contributed by atoms with E-state index in [0.717, 1.165) is 30.1 Å². The largest absolute Gasteiger partial charge is 0.496 e. The average molecular weight is 554 g/mol. The number of amidine groups is 1. The first kappa shape index (κ1) is 30.2. The Labute approximate surface area is 229 Å². The Morgan fingerprint density at radius 2 is 1.81 bits per heavy atom. The van der Waals surface area contributed by atoms with Crippen molar-refractivity contribution in [3.63, 3.8) is 0 Å². The van der Waals surface area contributed by atoms with Crippen molar-refractivity contribution in [2.24, 2.45) is 26.8 Å². The number of rotatable bonds is 8. The van der Waals surface area contributed by atoms with Crippen LogP contribution in [0.1, 0.15) is 39.7 Å². The number of carbonyl (C=O) groups is 2. The minimum atomic E-state index is -0.862. The molecule has 4 rings (SSSR count). The maximum Gasteiger partial charge on any atom is 0.187 e. The van der Waals surface area contributed by atoms with E-state index in [1.165, 1.54) is 0 Å². The molecule has 7 nitrogen and oxygen atoms in total. The lowest BCUT2D eigenvalue weighted by Gasteiger charge is -2.38. The van der Waals surface area contributed by atoms with Crippen LogP contribution in [-0.2, 0) is 9.59 Å². The van der Waals surface area contributed by atoms with Crippen LogP contribution in [-0.4, -0.2) is 72.8 Å². The highest BCUT2D eigenvalue weighted by atomic mass is 35.5. The summed E-state index contributed by atoms with van der Waals surface area (Å²) in [6.07, 6.45) is 4.34. The molecule has 1 aliphatic carbocycles. The molecule has 36 heavy (non-hydrogen) atoms. The van der Waals surface area contributed by atoms with Crippen LogP contribution in [0.5, 0.6) is 5.75 Å². The zero-order chi connectivity index (χ0) is 24.6. The monoisotopic (exact) mass is 552 g/mol. The van der Waals surface area contributed by atoms with Gasteiger partial charge in [0, 0.05) is 22.6 Å². The van der Waals surface area contributed by atoms with Crippen LogP contribution in [0.25, 0.3) is 0 Å². The molecule has 0 bridgehead atoms. The van der Waals surface area contributed by atoms with Gasteiger partial charge < -0.3 is 9.64 Å². The summed E-state index contributed by atoms with van der Waals surface area (Å²) in [4.78, 5) is 44.6. The minimum absolute atomic E-state index is 0. The third kappa shape index (κ3) is 5.32. The van der Waals surface area contributed by atoms with Crippen LogP contribution >= 0.6 is 36.6 Å². The lowest BCUT2D eigenvalue weighted by molar-refractivity contribution is -0.131. The lowest BCUT2D eigenvalue weighted by Crippen LogP contribution is -2.50. The van der Waals surface area contributed by atoms with Gasteiger partial charge in [0.05, 0.1) is 18.6 Å². The van der Waals surface area contributed by atoms with E-state index >= 15 is 0 Å². The molecule has 10 heteroatoms. The second kappa shape index (κ2) is 12.0. The maximum absolute atomic E-state index is 13.8. The predicted octanol–water partition coefficient (Wildman–Crippen LogP) is 4.70. The highest BCUT2D eigenvalue weighted by molar-refractivity contribution is 7.98. The summed E-state index contributed by atoms with van der Waals surface area (Å²) < 4.78 is 5.59. The second-order valence-corrected chi connectivity index (χ2v) is 10.1. The number of ether oxygens (including phenoxy) is 1. The number of carbonyl (C=O) groups excluding carboxylic acids is 2. The number of halogens is 2. The summed E-state index contributed by atoms with van der Waals surface area (Å²) >= 11 is 1.62. The van der Waals surface area contributed by atoms with Crippen molar-refractivity contribution in [2.75, 3.05) is 33.0 Å². The maximum atomic E-state index is 13.8. The first-order valence-corrected chi connectivity index (χ1v) is 13.0. The molecule has 0 saturated carbocycles. The summed E-state index contributed by atoms with van der Waals surface area (Å²) in [5, 5.41) is 0. The number of ketones is 2. The Bertz CT molecular complexity index is 1160. The molecule has 0 aromatic heterocycles. The summed E-state index contributed by atoms with van der Waals surface area (Å²) in [6.45, 7) is 10.4. The van der Waals surface area contributed by atoms with Crippen molar-refractivity contribution in [1.29, 1.82) is 0 Å². The first-order chi connectivity index (χ1) is 16.2. The third-order valence-corrected chi connectivity index (χ3v) is 7.68. The van der Waals surface area contributed by atoms with Gasteiger partial charge in [-0.05, 0) is 64.4 Å². The molecule has 2 unspecified atom stereocenters. The Morgan fingerprint density at radius 1 is 1.11 bits per heavy atom. The molecule has 0 fully saturated rings. The molecule has 2 atom stereocenters. The summed E-state index contributed by atoms with van der Waals surface area (Å²) in [7, 11) is 1.61. The van der Waals surface area contributed by atoms with Gasteiger partial charge in [0.15, 0.2) is 17.4 Å². The number of nitrogens with zero attached hydrogens (tertiary/aromatic N) is 4. The zero-order valence-electron chi connectivity index (χ0n) is 21.5. The van der Waals surface area contributed by atoms with Crippen LogP contribution in [0, 0.1) is 11.8 Å². The number of benzene rings is 1. The number of aliphatic imine (C=N–C) groups is 3. The Balaban J connectivity index is 0.00000228. The van der Waals surface area contributed by atoms with E-state index in [0.29, 0.717) is 35.0 Å². The average Bonchev–Trinajstić information content (AvgIpc) is 3.28. The molecule has 1 aromatic carbocycles. The van der Waals surface area contributed by atoms with Crippen LogP contribution in [0.3, 0.4) is 0 Å². The van der Waals surface area contributed by atoms with Gasteiger partial charge in [-0.2, -0.15) is 0 Å². The molecule has 2 heterocycles. The molecule has 3 aliphatic rings. The lowest BCUT2D eigenvalue weighted by atomic mass is 9.67.